The van der Waals surface area contributed by atoms with Crippen molar-refractivity contribution in [2.24, 2.45) is 17.6 Å². The molecule has 1 unspecified atom stereocenters. The van der Waals surface area contributed by atoms with Gasteiger partial charge in [0, 0.05) is 12.0 Å². The van der Waals surface area contributed by atoms with Crippen molar-refractivity contribution in [3.05, 3.63) is 0 Å². The normalized spacial score (nSPS) is 17.1. The Balaban J connectivity index is 5.09. The summed E-state index contributed by atoms with van der Waals surface area (Å²) in [5, 5.41) is 14.2. The fourth-order valence-corrected chi connectivity index (χ4v) is 2.63. The summed E-state index contributed by atoms with van der Waals surface area (Å²) in [6.07, 6.45) is 2.70. The zero-order valence-corrected chi connectivity index (χ0v) is 15.0. The number of hydrogen-bond acceptors (Lipinski definition) is 4. The van der Waals surface area contributed by atoms with Gasteiger partial charge in [-0.2, -0.15) is 0 Å². The molecule has 126 valence electrons. The lowest BCUT2D eigenvalue weighted by Gasteiger charge is -2.42. The van der Waals surface area contributed by atoms with Crippen LogP contribution in [0.2, 0.25) is 0 Å². The number of unbranched alkanes of at least 4 members (excludes halogenated alkanes) is 1. The van der Waals surface area contributed by atoms with Crippen LogP contribution >= 0.6 is 0 Å². The van der Waals surface area contributed by atoms with Gasteiger partial charge in [-0.05, 0) is 46.1 Å². The van der Waals surface area contributed by atoms with Crippen LogP contribution in [0.25, 0.3) is 0 Å². The number of aliphatic hydroxyl groups is 1. The Morgan fingerprint density at radius 2 is 1.67 bits per heavy atom. The van der Waals surface area contributed by atoms with Crippen molar-refractivity contribution in [3.63, 3.8) is 0 Å². The van der Waals surface area contributed by atoms with E-state index in [1.807, 2.05) is 48.5 Å². The molecule has 0 amide bonds. The Labute approximate surface area is 130 Å². The van der Waals surface area contributed by atoms with Crippen LogP contribution in [0.1, 0.15) is 67.7 Å². The minimum absolute atomic E-state index is 0.0267. The van der Waals surface area contributed by atoms with Gasteiger partial charge in [0.15, 0.2) is 5.78 Å². The predicted octanol–water partition coefficient (Wildman–Crippen LogP) is 2.48. The monoisotopic (exact) mass is 300 g/mol. The van der Waals surface area contributed by atoms with E-state index in [0.29, 0.717) is 6.54 Å². The number of carbonyl (C=O) groups excluding carboxylic acids is 1. The zero-order chi connectivity index (χ0) is 16.8. The second-order valence-corrected chi connectivity index (χ2v) is 7.51. The van der Waals surface area contributed by atoms with Gasteiger partial charge in [-0.15, -0.1) is 0 Å². The molecule has 0 aliphatic rings. The minimum Gasteiger partial charge on any atom is -0.388 e. The molecule has 0 radical (unpaired) electrons. The van der Waals surface area contributed by atoms with E-state index in [1.165, 1.54) is 0 Å². The smallest absolute Gasteiger partial charge is 0.154 e. The molecule has 4 N–H and O–H groups in total. The molecule has 0 aliphatic heterocycles. The highest BCUT2D eigenvalue weighted by Crippen LogP contribution is 2.26. The average molecular weight is 300 g/mol. The van der Waals surface area contributed by atoms with Gasteiger partial charge < -0.3 is 10.8 Å². The molecule has 0 saturated carbocycles. The largest absolute Gasteiger partial charge is 0.388 e. The highest BCUT2D eigenvalue weighted by atomic mass is 16.3. The molecule has 0 spiro atoms. The molecular formula is C17H36N2O2. The standard InChI is InChI=1S/C17H36N2O2/c1-12(2)15(20)16(5,6)19-14(10-8-9-11-18)17(7,21)13(3)4/h12-14,19,21H,8-11,18H2,1-7H3/t14-,17?/m0/s1. The number of rotatable bonds is 10. The van der Waals surface area contributed by atoms with Gasteiger partial charge in [0.2, 0.25) is 0 Å². The molecule has 0 aliphatic carbocycles. The summed E-state index contributed by atoms with van der Waals surface area (Å²) in [6, 6.07) is -0.123. The molecule has 2 atom stereocenters. The van der Waals surface area contributed by atoms with Crippen molar-refractivity contribution in [2.45, 2.75) is 84.9 Å². The average Bonchev–Trinajstić information content (AvgIpc) is 2.36. The zero-order valence-electron chi connectivity index (χ0n) is 15.0. The summed E-state index contributed by atoms with van der Waals surface area (Å²) in [5.74, 6) is 0.255. The van der Waals surface area contributed by atoms with Crippen LogP contribution in [0.3, 0.4) is 0 Å². The van der Waals surface area contributed by atoms with Gasteiger partial charge in [-0.25, -0.2) is 0 Å². The molecule has 4 nitrogen and oxygen atoms in total. The predicted molar refractivity (Wildman–Crippen MR) is 89.2 cm³/mol. The Morgan fingerprint density at radius 3 is 2.05 bits per heavy atom. The molecule has 0 aromatic heterocycles. The molecule has 21 heavy (non-hydrogen) atoms. The van der Waals surface area contributed by atoms with Crippen molar-refractivity contribution < 1.29 is 9.90 Å². The maximum atomic E-state index is 12.4. The number of nitrogens with two attached hydrogens (primary N) is 1. The Kier molecular flexibility index (Phi) is 8.08. The van der Waals surface area contributed by atoms with Crippen LogP contribution in [-0.4, -0.2) is 34.6 Å². The van der Waals surface area contributed by atoms with Gasteiger partial charge in [0.25, 0.3) is 0 Å². The van der Waals surface area contributed by atoms with Crippen LogP contribution in [0, 0.1) is 11.8 Å². The van der Waals surface area contributed by atoms with Crippen LogP contribution in [0.4, 0.5) is 0 Å². The Bertz CT molecular complexity index is 323. The molecule has 0 bridgehead atoms. The van der Waals surface area contributed by atoms with Crippen molar-refractivity contribution in [1.29, 1.82) is 0 Å². The number of carbonyl (C=O) groups is 1. The maximum absolute atomic E-state index is 12.4. The first-order valence-corrected chi connectivity index (χ1v) is 8.21. The molecule has 0 aromatic carbocycles. The third kappa shape index (κ3) is 6.05. The Morgan fingerprint density at radius 1 is 1.14 bits per heavy atom. The van der Waals surface area contributed by atoms with E-state index >= 15 is 0 Å². The van der Waals surface area contributed by atoms with E-state index < -0.39 is 11.1 Å². The fraction of sp³-hybridized carbons (Fsp3) is 0.941. The summed E-state index contributed by atoms with van der Waals surface area (Å²) in [7, 11) is 0. The lowest BCUT2D eigenvalue weighted by Crippen LogP contribution is -2.61. The van der Waals surface area contributed by atoms with E-state index in [4.69, 9.17) is 5.73 Å². The molecule has 0 fully saturated rings. The molecule has 0 saturated heterocycles. The van der Waals surface area contributed by atoms with E-state index in [9.17, 15) is 9.90 Å². The third-order valence-corrected chi connectivity index (χ3v) is 4.50. The van der Waals surface area contributed by atoms with E-state index in [-0.39, 0.29) is 23.7 Å². The first-order chi connectivity index (χ1) is 9.46. The van der Waals surface area contributed by atoms with E-state index in [0.717, 1.165) is 19.3 Å². The summed E-state index contributed by atoms with van der Waals surface area (Å²) < 4.78 is 0. The summed E-state index contributed by atoms with van der Waals surface area (Å²) in [5.41, 5.74) is 4.07. The number of ketones is 1. The highest BCUT2D eigenvalue weighted by molar-refractivity contribution is 5.89. The van der Waals surface area contributed by atoms with Crippen LogP contribution in [-0.2, 0) is 4.79 Å². The molecule has 0 heterocycles. The van der Waals surface area contributed by atoms with Crippen molar-refractivity contribution in [1.82, 2.24) is 5.32 Å². The van der Waals surface area contributed by atoms with Gasteiger partial charge in [-0.3, -0.25) is 10.1 Å². The van der Waals surface area contributed by atoms with Crippen LogP contribution < -0.4 is 11.1 Å². The summed E-state index contributed by atoms with van der Waals surface area (Å²) in [6.45, 7) is 14.2. The van der Waals surface area contributed by atoms with E-state index in [2.05, 4.69) is 5.32 Å². The van der Waals surface area contributed by atoms with Gasteiger partial charge in [0.1, 0.15) is 0 Å². The highest BCUT2D eigenvalue weighted by Gasteiger charge is 2.40. The quantitative estimate of drug-likeness (QED) is 0.542. The maximum Gasteiger partial charge on any atom is 0.154 e. The topological polar surface area (TPSA) is 75.4 Å². The molecule has 0 aromatic rings. The Hall–Kier alpha value is -0.450. The summed E-state index contributed by atoms with van der Waals surface area (Å²) >= 11 is 0. The number of hydrogen-bond donors (Lipinski definition) is 3. The van der Waals surface area contributed by atoms with Crippen molar-refractivity contribution in [3.8, 4) is 0 Å². The van der Waals surface area contributed by atoms with E-state index in [1.54, 1.807) is 0 Å². The molecule has 0 rings (SSSR count). The van der Waals surface area contributed by atoms with Crippen molar-refractivity contribution in [2.75, 3.05) is 6.54 Å². The van der Waals surface area contributed by atoms with Crippen LogP contribution in [0.15, 0.2) is 0 Å². The molecule has 4 heteroatoms. The number of nitrogens with one attached hydrogen (secondary N) is 1. The SMILES string of the molecule is CC(C)C(=O)C(C)(C)N[C@@H](CCCCN)C(C)(O)C(C)C. The summed E-state index contributed by atoms with van der Waals surface area (Å²) in [4.78, 5) is 12.4. The number of Topliss-reactive ketones (excluding diaryl/α,β-unsaturated/α-hetero) is 1. The van der Waals surface area contributed by atoms with Gasteiger partial charge in [0.05, 0.1) is 11.1 Å². The fourth-order valence-electron chi connectivity index (χ4n) is 2.63. The van der Waals surface area contributed by atoms with Gasteiger partial charge in [-0.1, -0.05) is 34.1 Å². The third-order valence-electron chi connectivity index (χ3n) is 4.50. The lowest BCUT2D eigenvalue weighted by atomic mass is 9.80. The first kappa shape index (κ1) is 20.6. The second kappa shape index (κ2) is 8.25. The molecular weight excluding hydrogens is 264 g/mol. The van der Waals surface area contributed by atoms with Gasteiger partial charge >= 0.3 is 0 Å². The second-order valence-electron chi connectivity index (χ2n) is 7.51. The minimum atomic E-state index is -0.858. The van der Waals surface area contributed by atoms with Crippen molar-refractivity contribution >= 4 is 5.78 Å². The van der Waals surface area contributed by atoms with Crippen LogP contribution in [0.5, 0.6) is 0 Å². The lowest BCUT2D eigenvalue weighted by molar-refractivity contribution is -0.129. The first-order valence-electron chi connectivity index (χ1n) is 8.21.